The fraction of sp³-hybridized carbons (Fsp3) is 0.222. The number of anilines is 1. The first-order valence-corrected chi connectivity index (χ1v) is 12.5. The van der Waals surface area contributed by atoms with E-state index in [1.54, 1.807) is 25.1 Å². The molecule has 1 amide bonds. The Kier molecular flexibility index (Phi) is 6.35. The van der Waals surface area contributed by atoms with Gasteiger partial charge in [-0.05, 0) is 62.4 Å². The van der Waals surface area contributed by atoms with Gasteiger partial charge in [-0.25, -0.2) is 9.78 Å². The summed E-state index contributed by atoms with van der Waals surface area (Å²) in [6, 6.07) is 16.7. The zero-order valence-electron chi connectivity index (χ0n) is 18.7. The third-order valence-corrected chi connectivity index (χ3v) is 7.44. The maximum absolute atomic E-state index is 13.6. The van der Waals surface area contributed by atoms with Gasteiger partial charge in [-0.1, -0.05) is 41.9 Å². The van der Waals surface area contributed by atoms with Crippen molar-refractivity contribution in [2.75, 3.05) is 11.9 Å². The van der Waals surface area contributed by atoms with E-state index in [4.69, 9.17) is 21.3 Å². The van der Waals surface area contributed by atoms with Crippen LogP contribution in [0.25, 0.3) is 22.2 Å². The van der Waals surface area contributed by atoms with Crippen molar-refractivity contribution >= 4 is 50.7 Å². The Morgan fingerprint density at radius 1 is 1.09 bits per heavy atom. The second-order valence-corrected chi connectivity index (χ2v) is 9.71. The first-order valence-electron chi connectivity index (χ1n) is 11.3. The number of ether oxygens (including phenoxy) is 1. The number of hydrogen-bond acceptors (Lipinski definition) is 5. The first kappa shape index (κ1) is 22.6. The number of para-hydroxylation sites is 1. The fourth-order valence-corrected chi connectivity index (χ4v) is 5.77. The van der Waals surface area contributed by atoms with Crippen molar-refractivity contribution < 1.29 is 14.3 Å². The molecule has 34 heavy (non-hydrogen) atoms. The molecule has 0 aliphatic heterocycles. The van der Waals surface area contributed by atoms with Crippen molar-refractivity contribution in [2.24, 2.45) is 0 Å². The number of halogens is 1. The summed E-state index contributed by atoms with van der Waals surface area (Å²) in [6.45, 7) is 2.08. The molecule has 0 spiro atoms. The smallest absolute Gasteiger partial charge is 0.341 e. The fourth-order valence-electron chi connectivity index (χ4n) is 4.38. The maximum Gasteiger partial charge on any atom is 0.341 e. The topological polar surface area (TPSA) is 68.3 Å². The molecule has 5 rings (SSSR count). The molecule has 1 N–H and O–H groups in total. The Labute approximate surface area is 206 Å². The molecule has 1 aliphatic rings. The van der Waals surface area contributed by atoms with Gasteiger partial charge in [0.2, 0.25) is 0 Å². The second-order valence-electron chi connectivity index (χ2n) is 8.17. The number of nitrogens with zero attached hydrogens (tertiary/aromatic N) is 1. The number of benzene rings is 2. The number of esters is 1. The van der Waals surface area contributed by atoms with Gasteiger partial charge in [0, 0.05) is 20.8 Å². The number of carbonyl (C=O) groups is 2. The van der Waals surface area contributed by atoms with Crippen LogP contribution in [0.15, 0.2) is 54.6 Å². The Hall–Kier alpha value is -3.22. The minimum Gasteiger partial charge on any atom is -0.462 e. The lowest BCUT2D eigenvalue weighted by Gasteiger charge is -2.13. The third kappa shape index (κ3) is 4.31. The van der Waals surface area contributed by atoms with Crippen LogP contribution in [0.3, 0.4) is 0 Å². The summed E-state index contributed by atoms with van der Waals surface area (Å²) in [6.07, 6.45) is 3.86. The van der Waals surface area contributed by atoms with E-state index in [0.29, 0.717) is 26.8 Å². The highest BCUT2D eigenvalue weighted by atomic mass is 35.5. The van der Waals surface area contributed by atoms with Gasteiger partial charge in [-0.3, -0.25) is 4.79 Å². The molecule has 5 nitrogen and oxygen atoms in total. The van der Waals surface area contributed by atoms with Gasteiger partial charge in [0.15, 0.2) is 0 Å². The molecule has 0 bridgehead atoms. The number of hydrogen-bond donors (Lipinski definition) is 1. The highest BCUT2D eigenvalue weighted by molar-refractivity contribution is 7.17. The van der Waals surface area contributed by atoms with Crippen molar-refractivity contribution in [1.29, 1.82) is 0 Å². The van der Waals surface area contributed by atoms with Crippen LogP contribution in [0, 0.1) is 0 Å². The van der Waals surface area contributed by atoms with Crippen LogP contribution in [0.2, 0.25) is 5.02 Å². The Morgan fingerprint density at radius 3 is 2.65 bits per heavy atom. The summed E-state index contributed by atoms with van der Waals surface area (Å²) in [7, 11) is 0. The average Bonchev–Trinajstić information content (AvgIpc) is 3.21. The summed E-state index contributed by atoms with van der Waals surface area (Å²) in [5.41, 5.74) is 4.28. The molecule has 2 heterocycles. The van der Waals surface area contributed by atoms with E-state index in [0.717, 1.165) is 52.6 Å². The quantitative estimate of drug-likeness (QED) is 0.308. The minimum atomic E-state index is -0.376. The minimum absolute atomic E-state index is 0.280. The Bertz CT molecular complexity index is 1400. The molecule has 0 saturated heterocycles. The first-order chi connectivity index (χ1) is 16.5. The molecule has 1 aliphatic carbocycles. The predicted octanol–water partition coefficient (Wildman–Crippen LogP) is 6.92. The van der Waals surface area contributed by atoms with Crippen LogP contribution < -0.4 is 5.32 Å². The monoisotopic (exact) mass is 490 g/mol. The number of carbonyl (C=O) groups excluding carboxylic acids is 2. The number of rotatable bonds is 5. The SMILES string of the molecule is CCOC(=O)c1c(NC(=O)c2cc(-c3ccc(Cl)cc3)nc3ccccc23)sc2c1CCCC2. The number of aromatic nitrogens is 1. The summed E-state index contributed by atoms with van der Waals surface area (Å²) in [4.78, 5) is 32.3. The van der Waals surface area contributed by atoms with Crippen LogP contribution in [-0.4, -0.2) is 23.5 Å². The molecule has 2 aromatic heterocycles. The van der Waals surface area contributed by atoms with Crippen LogP contribution >= 0.6 is 22.9 Å². The van der Waals surface area contributed by atoms with Gasteiger partial charge in [-0.2, -0.15) is 0 Å². The molecule has 7 heteroatoms. The number of amides is 1. The highest BCUT2D eigenvalue weighted by Crippen LogP contribution is 2.39. The largest absolute Gasteiger partial charge is 0.462 e. The summed E-state index contributed by atoms with van der Waals surface area (Å²) >= 11 is 7.53. The number of pyridine rings is 1. The summed E-state index contributed by atoms with van der Waals surface area (Å²) in [5.74, 6) is -0.656. The normalized spacial score (nSPS) is 12.9. The van der Waals surface area contributed by atoms with E-state index < -0.39 is 0 Å². The lowest BCUT2D eigenvalue weighted by atomic mass is 9.95. The lowest BCUT2D eigenvalue weighted by molar-refractivity contribution is 0.0526. The van der Waals surface area contributed by atoms with Crippen molar-refractivity contribution in [3.05, 3.63) is 81.2 Å². The maximum atomic E-state index is 13.6. The predicted molar refractivity (Wildman–Crippen MR) is 137 cm³/mol. The van der Waals surface area contributed by atoms with Crippen molar-refractivity contribution in [3.8, 4) is 11.3 Å². The molecule has 0 radical (unpaired) electrons. The molecule has 0 atom stereocenters. The van der Waals surface area contributed by atoms with E-state index in [1.165, 1.54) is 11.3 Å². The molecule has 0 saturated carbocycles. The van der Waals surface area contributed by atoms with Crippen LogP contribution in [-0.2, 0) is 17.6 Å². The standard InChI is InChI=1S/C27H23ClN2O3S/c1-2-33-27(32)24-19-8-4-6-10-23(19)34-26(24)30-25(31)20-15-22(16-11-13-17(28)14-12-16)29-21-9-5-3-7-18(20)21/h3,5,7,9,11-15H,2,4,6,8,10H2,1H3,(H,30,31). The van der Waals surface area contributed by atoms with Gasteiger partial charge >= 0.3 is 5.97 Å². The zero-order chi connectivity index (χ0) is 23.7. The van der Waals surface area contributed by atoms with Gasteiger partial charge < -0.3 is 10.1 Å². The van der Waals surface area contributed by atoms with Crippen molar-refractivity contribution in [1.82, 2.24) is 4.98 Å². The van der Waals surface area contributed by atoms with Gasteiger partial charge in [0.1, 0.15) is 5.00 Å². The molecule has 0 fully saturated rings. The molecular weight excluding hydrogens is 468 g/mol. The highest BCUT2D eigenvalue weighted by Gasteiger charge is 2.28. The molecule has 4 aromatic rings. The molecular formula is C27H23ClN2O3S. The number of fused-ring (bicyclic) bond motifs is 2. The van der Waals surface area contributed by atoms with Crippen LogP contribution in [0.1, 0.15) is 50.9 Å². The van der Waals surface area contributed by atoms with Gasteiger partial charge in [0.05, 0.1) is 28.9 Å². The molecule has 0 unspecified atom stereocenters. The number of nitrogens with one attached hydrogen (secondary N) is 1. The average molecular weight is 491 g/mol. The second kappa shape index (κ2) is 9.57. The Balaban J connectivity index is 1.57. The summed E-state index contributed by atoms with van der Waals surface area (Å²) < 4.78 is 5.33. The van der Waals surface area contributed by atoms with E-state index in [1.807, 2.05) is 36.4 Å². The third-order valence-electron chi connectivity index (χ3n) is 5.98. The van der Waals surface area contributed by atoms with E-state index in [2.05, 4.69) is 5.32 Å². The molecule has 172 valence electrons. The van der Waals surface area contributed by atoms with E-state index >= 15 is 0 Å². The lowest BCUT2D eigenvalue weighted by Crippen LogP contribution is -2.16. The zero-order valence-corrected chi connectivity index (χ0v) is 20.3. The van der Waals surface area contributed by atoms with E-state index in [-0.39, 0.29) is 18.5 Å². The summed E-state index contributed by atoms with van der Waals surface area (Å²) in [5, 5.41) is 4.97. The van der Waals surface area contributed by atoms with E-state index in [9.17, 15) is 9.59 Å². The Morgan fingerprint density at radius 2 is 1.85 bits per heavy atom. The molecule has 2 aromatic carbocycles. The van der Waals surface area contributed by atoms with Crippen molar-refractivity contribution in [2.45, 2.75) is 32.6 Å². The number of aryl methyl sites for hydroxylation is 1. The van der Waals surface area contributed by atoms with Gasteiger partial charge in [-0.15, -0.1) is 11.3 Å². The number of thiophene rings is 1. The van der Waals surface area contributed by atoms with Crippen molar-refractivity contribution in [3.63, 3.8) is 0 Å². The van der Waals surface area contributed by atoms with Gasteiger partial charge in [0.25, 0.3) is 5.91 Å². The van der Waals surface area contributed by atoms with Crippen LogP contribution in [0.5, 0.6) is 0 Å². The van der Waals surface area contributed by atoms with Crippen LogP contribution in [0.4, 0.5) is 5.00 Å².